The predicted molar refractivity (Wildman–Crippen MR) is 117 cm³/mol. The summed E-state index contributed by atoms with van der Waals surface area (Å²) in [6, 6.07) is 13.0. The van der Waals surface area contributed by atoms with Gasteiger partial charge in [0.05, 0.1) is 11.4 Å². The van der Waals surface area contributed by atoms with Crippen molar-refractivity contribution >= 4 is 29.3 Å². The van der Waals surface area contributed by atoms with E-state index in [1.807, 2.05) is 29.8 Å². The number of benzene rings is 2. The van der Waals surface area contributed by atoms with Crippen molar-refractivity contribution in [3.63, 3.8) is 0 Å². The molecule has 1 heterocycles. The molecule has 6 nitrogen and oxygen atoms in total. The Bertz CT molecular complexity index is 1030. The maximum atomic E-state index is 12.4. The molecule has 0 bridgehead atoms. The zero-order chi connectivity index (χ0) is 20.8. The molecule has 2 amide bonds. The van der Waals surface area contributed by atoms with Crippen molar-refractivity contribution in [1.82, 2.24) is 14.9 Å². The number of imidazole rings is 1. The number of rotatable bonds is 7. The largest absolute Gasteiger partial charge is 0.352 e. The molecule has 2 N–H and O–H groups in total. The van der Waals surface area contributed by atoms with Crippen LogP contribution in [0.5, 0.6) is 0 Å². The molecule has 0 saturated heterocycles. The van der Waals surface area contributed by atoms with E-state index in [-0.39, 0.29) is 17.6 Å². The summed E-state index contributed by atoms with van der Waals surface area (Å²) in [6.45, 7) is 6.57. The molecule has 3 rings (SSSR count). The lowest BCUT2D eigenvalue weighted by atomic mass is 10.1. The lowest BCUT2D eigenvalue weighted by Gasteiger charge is -2.12. The van der Waals surface area contributed by atoms with Gasteiger partial charge < -0.3 is 10.6 Å². The number of hydrogen-bond acceptors (Lipinski definition) is 4. The first-order chi connectivity index (χ1) is 14.0. The van der Waals surface area contributed by atoms with Gasteiger partial charge in [-0.15, -0.1) is 0 Å². The fourth-order valence-electron chi connectivity index (χ4n) is 2.90. The third-order valence-corrected chi connectivity index (χ3v) is 5.49. The number of aromatic nitrogens is 2. The summed E-state index contributed by atoms with van der Waals surface area (Å²) in [5.74, 6) is -0.0973. The fraction of sp³-hybridized carbons (Fsp3) is 0.227. The lowest BCUT2D eigenvalue weighted by Crippen LogP contribution is -2.23. The first-order valence-corrected chi connectivity index (χ1v) is 10.4. The van der Waals surface area contributed by atoms with Crippen molar-refractivity contribution in [3.8, 4) is 5.69 Å². The molecule has 0 atom stereocenters. The number of amides is 2. The van der Waals surface area contributed by atoms with Crippen LogP contribution < -0.4 is 10.6 Å². The van der Waals surface area contributed by atoms with Crippen molar-refractivity contribution in [2.75, 3.05) is 17.6 Å². The minimum atomic E-state index is -0.159. The van der Waals surface area contributed by atoms with Gasteiger partial charge in [-0.1, -0.05) is 30.0 Å². The molecule has 2 aromatic carbocycles. The number of nitrogens with one attached hydrogen (secondary N) is 2. The molecule has 0 unspecified atom stereocenters. The highest BCUT2D eigenvalue weighted by Gasteiger charge is 2.12. The van der Waals surface area contributed by atoms with Crippen LogP contribution in [0.15, 0.2) is 60.0 Å². The average Bonchev–Trinajstić information content (AvgIpc) is 3.17. The van der Waals surface area contributed by atoms with Crippen LogP contribution in [0.2, 0.25) is 0 Å². The van der Waals surface area contributed by atoms with Gasteiger partial charge in [-0.25, -0.2) is 4.98 Å². The Kier molecular flexibility index (Phi) is 6.72. The van der Waals surface area contributed by atoms with E-state index in [2.05, 4.69) is 35.5 Å². The van der Waals surface area contributed by atoms with E-state index >= 15 is 0 Å². The number of nitrogens with zero attached hydrogens (tertiary/aromatic N) is 2. The molecule has 0 aliphatic heterocycles. The molecular weight excluding hydrogens is 384 g/mol. The summed E-state index contributed by atoms with van der Waals surface area (Å²) in [4.78, 5) is 28.8. The minimum absolute atomic E-state index is 0.154. The number of thioether (sulfide) groups is 1. The van der Waals surface area contributed by atoms with Crippen LogP contribution >= 0.6 is 11.8 Å². The summed E-state index contributed by atoms with van der Waals surface area (Å²) in [6.07, 6.45) is 3.63. The molecule has 1 aromatic heterocycles. The summed E-state index contributed by atoms with van der Waals surface area (Å²) in [7, 11) is 0. The predicted octanol–water partition coefficient (Wildman–Crippen LogP) is 3.97. The molecule has 3 aromatic rings. The first kappa shape index (κ1) is 20.7. The van der Waals surface area contributed by atoms with Gasteiger partial charge in [-0.05, 0) is 56.2 Å². The van der Waals surface area contributed by atoms with E-state index in [0.717, 1.165) is 10.8 Å². The second kappa shape index (κ2) is 9.43. The zero-order valence-electron chi connectivity index (χ0n) is 16.7. The van der Waals surface area contributed by atoms with Gasteiger partial charge in [-0.2, -0.15) is 0 Å². The van der Waals surface area contributed by atoms with Crippen molar-refractivity contribution in [2.24, 2.45) is 0 Å². The highest BCUT2D eigenvalue weighted by Crippen LogP contribution is 2.24. The Balaban J connectivity index is 1.66. The van der Waals surface area contributed by atoms with E-state index in [1.54, 1.807) is 30.5 Å². The van der Waals surface area contributed by atoms with E-state index in [9.17, 15) is 9.59 Å². The Morgan fingerprint density at radius 3 is 2.72 bits per heavy atom. The Labute approximate surface area is 174 Å². The highest BCUT2D eigenvalue weighted by molar-refractivity contribution is 7.99. The summed E-state index contributed by atoms with van der Waals surface area (Å²) in [5, 5.41) is 6.35. The van der Waals surface area contributed by atoms with Gasteiger partial charge in [0.1, 0.15) is 0 Å². The van der Waals surface area contributed by atoms with Gasteiger partial charge in [0.15, 0.2) is 5.16 Å². The standard InChI is InChI=1S/C22H24N4O2S/c1-4-23-21(28)17-8-6-9-18(13-17)25-20(27)14-29-22-24-11-12-26(22)19-10-5-7-15(2)16(19)3/h5-13H,4,14H2,1-3H3,(H,23,28)(H,25,27). The zero-order valence-corrected chi connectivity index (χ0v) is 17.5. The molecular formula is C22H24N4O2S. The molecule has 29 heavy (non-hydrogen) atoms. The molecule has 0 aliphatic carbocycles. The number of carbonyl (C=O) groups is 2. The SMILES string of the molecule is CCNC(=O)c1cccc(NC(=O)CSc2nccn2-c2cccc(C)c2C)c1. The first-order valence-electron chi connectivity index (χ1n) is 9.40. The molecule has 7 heteroatoms. The van der Waals surface area contributed by atoms with Crippen molar-refractivity contribution in [2.45, 2.75) is 25.9 Å². The Hall–Kier alpha value is -3.06. The second-order valence-corrected chi connectivity index (χ2v) is 7.52. The van der Waals surface area contributed by atoms with E-state index in [0.29, 0.717) is 17.8 Å². The van der Waals surface area contributed by atoms with Crippen LogP contribution in [-0.4, -0.2) is 33.7 Å². The topological polar surface area (TPSA) is 76.0 Å². The Morgan fingerprint density at radius 1 is 1.14 bits per heavy atom. The van der Waals surface area contributed by atoms with Crippen molar-refractivity contribution in [3.05, 3.63) is 71.5 Å². The third kappa shape index (κ3) is 5.06. The highest BCUT2D eigenvalue weighted by atomic mass is 32.2. The number of hydrogen-bond donors (Lipinski definition) is 2. The average molecular weight is 409 g/mol. The molecule has 150 valence electrons. The molecule has 0 spiro atoms. The van der Waals surface area contributed by atoms with Crippen LogP contribution in [0.3, 0.4) is 0 Å². The molecule has 0 saturated carbocycles. The van der Waals surface area contributed by atoms with Crippen molar-refractivity contribution in [1.29, 1.82) is 0 Å². The van der Waals surface area contributed by atoms with Gasteiger partial charge in [0, 0.05) is 30.2 Å². The van der Waals surface area contributed by atoms with Crippen LogP contribution in [-0.2, 0) is 4.79 Å². The van der Waals surface area contributed by atoms with Gasteiger partial charge in [0.2, 0.25) is 5.91 Å². The monoisotopic (exact) mass is 408 g/mol. The maximum Gasteiger partial charge on any atom is 0.251 e. The number of anilines is 1. The maximum absolute atomic E-state index is 12.4. The summed E-state index contributed by atoms with van der Waals surface area (Å²) < 4.78 is 2.00. The number of carbonyl (C=O) groups excluding carboxylic acids is 2. The lowest BCUT2D eigenvalue weighted by molar-refractivity contribution is -0.113. The van der Waals surface area contributed by atoms with Crippen LogP contribution in [0.4, 0.5) is 5.69 Å². The van der Waals surface area contributed by atoms with Crippen LogP contribution in [0.25, 0.3) is 5.69 Å². The fourth-order valence-corrected chi connectivity index (χ4v) is 3.67. The van der Waals surface area contributed by atoms with E-state index in [1.165, 1.54) is 22.9 Å². The van der Waals surface area contributed by atoms with E-state index < -0.39 is 0 Å². The Morgan fingerprint density at radius 2 is 1.93 bits per heavy atom. The molecule has 0 aliphatic rings. The van der Waals surface area contributed by atoms with Crippen LogP contribution in [0, 0.1) is 13.8 Å². The number of aryl methyl sites for hydroxylation is 1. The van der Waals surface area contributed by atoms with Gasteiger partial charge in [0.25, 0.3) is 5.91 Å². The van der Waals surface area contributed by atoms with Crippen molar-refractivity contribution < 1.29 is 9.59 Å². The summed E-state index contributed by atoms with van der Waals surface area (Å²) >= 11 is 1.37. The molecule has 0 fully saturated rings. The third-order valence-electron chi connectivity index (χ3n) is 4.52. The van der Waals surface area contributed by atoms with Crippen LogP contribution in [0.1, 0.15) is 28.4 Å². The van der Waals surface area contributed by atoms with Gasteiger partial charge >= 0.3 is 0 Å². The van der Waals surface area contributed by atoms with Gasteiger partial charge in [-0.3, -0.25) is 14.2 Å². The molecule has 0 radical (unpaired) electrons. The normalized spacial score (nSPS) is 10.6. The quantitative estimate of drug-likeness (QED) is 0.580. The second-order valence-electron chi connectivity index (χ2n) is 6.58. The summed E-state index contributed by atoms with van der Waals surface area (Å²) in [5.41, 5.74) is 4.55. The smallest absolute Gasteiger partial charge is 0.251 e. The minimum Gasteiger partial charge on any atom is -0.352 e. The van der Waals surface area contributed by atoms with E-state index in [4.69, 9.17) is 0 Å².